The van der Waals surface area contributed by atoms with Crippen LogP contribution in [0.25, 0.3) is 0 Å². The summed E-state index contributed by atoms with van der Waals surface area (Å²) in [6.45, 7) is 4.06. The summed E-state index contributed by atoms with van der Waals surface area (Å²) >= 11 is 5.67. The van der Waals surface area contributed by atoms with E-state index in [-0.39, 0.29) is 0 Å². The molecule has 0 aromatic heterocycles. The van der Waals surface area contributed by atoms with Crippen LogP contribution in [-0.2, 0) is 0 Å². The highest BCUT2D eigenvalue weighted by molar-refractivity contribution is 6.13. The molecule has 0 aromatic carbocycles. The Morgan fingerprint density at radius 2 is 2.50 bits per heavy atom. The minimum absolute atomic E-state index is 0.910. The fraction of sp³-hybridized carbons (Fsp3) is 0.667. The van der Waals surface area contributed by atoms with Gasteiger partial charge in [-0.1, -0.05) is 11.6 Å². The lowest BCUT2D eigenvalue weighted by Crippen LogP contribution is -2.17. The quantitative estimate of drug-likeness (QED) is 0.358. The standard InChI is InChI=1S/C6H10ClN/c1-6-2-4-8(7)5-3-6/h2H,3-5H2,1H3. The minimum atomic E-state index is 0.910. The van der Waals surface area contributed by atoms with Crippen molar-refractivity contribution in [3.63, 3.8) is 0 Å². The van der Waals surface area contributed by atoms with Crippen molar-refractivity contribution in [3.05, 3.63) is 11.6 Å². The lowest BCUT2D eigenvalue weighted by Gasteiger charge is -2.16. The van der Waals surface area contributed by atoms with Gasteiger partial charge in [0.1, 0.15) is 0 Å². The minimum Gasteiger partial charge on any atom is -0.216 e. The first-order chi connectivity index (χ1) is 3.79. The third-order valence-corrected chi connectivity index (χ3v) is 1.69. The molecule has 1 heterocycles. The normalized spacial score (nSPS) is 23.0. The molecule has 0 fully saturated rings. The second kappa shape index (κ2) is 2.51. The summed E-state index contributed by atoms with van der Waals surface area (Å²) in [5.74, 6) is 0. The molecule has 0 aromatic rings. The monoisotopic (exact) mass is 131 g/mol. The molecule has 0 unspecified atom stereocenters. The van der Waals surface area contributed by atoms with Crippen LogP contribution < -0.4 is 0 Å². The average Bonchev–Trinajstić information content (AvgIpc) is 1.77. The van der Waals surface area contributed by atoms with Gasteiger partial charge in [0.15, 0.2) is 0 Å². The molecule has 0 saturated carbocycles. The molecule has 1 aliphatic heterocycles. The molecule has 0 radical (unpaired) electrons. The topological polar surface area (TPSA) is 3.24 Å². The number of rotatable bonds is 0. The van der Waals surface area contributed by atoms with Crippen molar-refractivity contribution in [2.24, 2.45) is 0 Å². The summed E-state index contributed by atoms with van der Waals surface area (Å²) in [5.41, 5.74) is 1.46. The first kappa shape index (κ1) is 6.12. The van der Waals surface area contributed by atoms with E-state index >= 15 is 0 Å². The number of hydrogen-bond donors (Lipinski definition) is 0. The molecule has 1 nitrogen and oxygen atoms in total. The maximum atomic E-state index is 5.67. The fourth-order valence-electron chi connectivity index (χ4n) is 0.746. The molecule has 1 rings (SSSR count). The molecule has 8 heavy (non-hydrogen) atoms. The Hall–Kier alpha value is -0.0100. The largest absolute Gasteiger partial charge is 0.216 e. The van der Waals surface area contributed by atoms with Crippen LogP contribution in [0.1, 0.15) is 13.3 Å². The lowest BCUT2D eigenvalue weighted by molar-refractivity contribution is 0.483. The van der Waals surface area contributed by atoms with Gasteiger partial charge >= 0.3 is 0 Å². The molecule has 1 aliphatic rings. The van der Waals surface area contributed by atoms with Gasteiger partial charge in [-0.2, -0.15) is 0 Å². The zero-order chi connectivity index (χ0) is 5.98. The van der Waals surface area contributed by atoms with Crippen molar-refractivity contribution in [3.8, 4) is 0 Å². The van der Waals surface area contributed by atoms with E-state index in [1.807, 2.05) is 0 Å². The maximum Gasteiger partial charge on any atom is 0.0322 e. The Morgan fingerprint density at radius 3 is 2.88 bits per heavy atom. The van der Waals surface area contributed by atoms with E-state index in [1.54, 1.807) is 4.42 Å². The van der Waals surface area contributed by atoms with E-state index in [0.717, 1.165) is 19.5 Å². The van der Waals surface area contributed by atoms with Crippen molar-refractivity contribution in [1.82, 2.24) is 4.42 Å². The predicted octanol–water partition coefficient (Wildman–Crippen LogP) is 1.79. The van der Waals surface area contributed by atoms with Gasteiger partial charge in [0, 0.05) is 13.1 Å². The highest BCUT2D eigenvalue weighted by Crippen LogP contribution is 2.10. The Kier molecular flexibility index (Phi) is 1.92. The molecule has 0 spiro atoms. The molecular formula is C6H10ClN. The molecule has 0 amide bonds. The van der Waals surface area contributed by atoms with E-state index in [1.165, 1.54) is 5.57 Å². The highest BCUT2D eigenvalue weighted by atomic mass is 35.5. The van der Waals surface area contributed by atoms with E-state index in [0.29, 0.717) is 0 Å². The van der Waals surface area contributed by atoms with Crippen LogP contribution in [0.3, 0.4) is 0 Å². The van der Waals surface area contributed by atoms with Crippen LogP contribution in [0.5, 0.6) is 0 Å². The summed E-state index contributed by atoms with van der Waals surface area (Å²) in [6, 6.07) is 0. The smallest absolute Gasteiger partial charge is 0.0322 e. The molecule has 0 bridgehead atoms. The highest BCUT2D eigenvalue weighted by Gasteiger charge is 2.03. The predicted molar refractivity (Wildman–Crippen MR) is 35.8 cm³/mol. The Balaban J connectivity index is 2.42. The van der Waals surface area contributed by atoms with E-state index in [2.05, 4.69) is 13.0 Å². The SMILES string of the molecule is CC1=CCN(Cl)CC1. The summed E-state index contributed by atoms with van der Waals surface area (Å²) < 4.78 is 1.80. The average molecular weight is 132 g/mol. The van der Waals surface area contributed by atoms with Crippen LogP contribution in [-0.4, -0.2) is 17.5 Å². The molecule has 0 aliphatic carbocycles. The third-order valence-electron chi connectivity index (χ3n) is 1.39. The molecule has 2 heteroatoms. The van der Waals surface area contributed by atoms with Gasteiger partial charge in [-0.05, 0) is 25.1 Å². The second-order valence-corrected chi connectivity index (χ2v) is 2.65. The number of halogens is 1. The third kappa shape index (κ3) is 1.49. The van der Waals surface area contributed by atoms with Gasteiger partial charge in [-0.25, -0.2) is 4.42 Å². The summed E-state index contributed by atoms with van der Waals surface area (Å²) in [7, 11) is 0. The lowest BCUT2D eigenvalue weighted by atomic mass is 10.1. The Morgan fingerprint density at radius 1 is 1.75 bits per heavy atom. The Bertz CT molecular complexity index is 109. The van der Waals surface area contributed by atoms with Crippen LogP contribution in [0, 0.1) is 0 Å². The van der Waals surface area contributed by atoms with Crippen molar-refractivity contribution in [2.75, 3.05) is 13.1 Å². The van der Waals surface area contributed by atoms with Crippen LogP contribution in [0.2, 0.25) is 0 Å². The molecule has 46 valence electrons. The van der Waals surface area contributed by atoms with Crippen molar-refractivity contribution >= 4 is 11.8 Å². The van der Waals surface area contributed by atoms with Gasteiger partial charge in [0.2, 0.25) is 0 Å². The first-order valence-corrected chi connectivity index (χ1v) is 3.19. The van der Waals surface area contributed by atoms with Gasteiger partial charge in [0.05, 0.1) is 0 Å². The molecular weight excluding hydrogens is 122 g/mol. The molecule has 0 atom stereocenters. The second-order valence-electron chi connectivity index (χ2n) is 2.17. The first-order valence-electron chi connectivity index (χ1n) is 2.85. The zero-order valence-electron chi connectivity index (χ0n) is 5.02. The van der Waals surface area contributed by atoms with E-state index in [9.17, 15) is 0 Å². The van der Waals surface area contributed by atoms with Crippen LogP contribution >= 0.6 is 11.8 Å². The summed E-state index contributed by atoms with van der Waals surface area (Å²) in [4.78, 5) is 0. The summed E-state index contributed by atoms with van der Waals surface area (Å²) in [6.07, 6.45) is 3.29. The molecule has 0 saturated heterocycles. The van der Waals surface area contributed by atoms with Gasteiger partial charge in [0.25, 0.3) is 0 Å². The van der Waals surface area contributed by atoms with Crippen molar-refractivity contribution < 1.29 is 0 Å². The van der Waals surface area contributed by atoms with Gasteiger partial charge in [-0.15, -0.1) is 0 Å². The van der Waals surface area contributed by atoms with Crippen LogP contribution in [0.4, 0.5) is 0 Å². The maximum absolute atomic E-state index is 5.67. The Labute approximate surface area is 55.0 Å². The molecule has 0 N–H and O–H groups in total. The van der Waals surface area contributed by atoms with E-state index in [4.69, 9.17) is 11.8 Å². The van der Waals surface area contributed by atoms with Crippen molar-refractivity contribution in [1.29, 1.82) is 0 Å². The fourth-order valence-corrected chi connectivity index (χ4v) is 0.899. The summed E-state index contributed by atoms with van der Waals surface area (Å²) in [5, 5.41) is 0. The van der Waals surface area contributed by atoms with Gasteiger partial charge < -0.3 is 0 Å². The van der Waals surface area contributed by atoms with Gasteiger partial charge in [-0.3, -0.25) is 0 Å². The number of hydrogen-bond acceptors (Lipinski definition) is 1. The van der Waals surface area contributed by atoms with Crippen molar-refractivity contribution in [2.45, 2.75) is 13.3 Å². The van der Waals surface area contributed by atoms with Crippen LogP contribution in [0.15, 0.2) is 11.6 Å². The zero-order valence-corrected chi connectivity index (χ0v) is 5.78. The van der Waals surface area contributed by atoms with E-state index < -0.39 is 0 Å². The number of nitrogens with zero attached hydrogens (tertiary/aromatic N) is 1.